The number of nitrogens with zero attached hydrogens (tertiary/aromatic N) is 5. The first-order valence-corrected chi connectivity index (χ1v) is 8.38. The van der Waals surface area contributed by atoms with Crippen LogP contribution in [0.2, 0.25) is 0 Å². The molecule has 2 aromatic rings. The topological polar surface area (TPSA) is 86.3 Å². The molecule has 3 rings (SSSR count). The van der Waals surface area contributed by atoms with Crippen molar-refractivity contribution in [3.63, 3.8) is 0 Å². The molecule has 0 spiro atoms. The summed E-state index contributed by atoms with van der Waals surface area (Å²) in [7, 11) is 0. The molecule has 0 radical (unpaired) electrons. The van der Waals surface area contributed by atoms with Gasteiger partial charge in [0.05, 0.1) is 17.8 Å². The van der Waals surface area contributed by atoms with Gasteiger partial charge in [0.1, 0.15) is 6.07 Å². The van der Waals surface area contributed by atoms with Gasteiger partial charge in [0, 0.05) is 38.7 Å². The highest BCUT2D eigenvalue weighted by molar-refractivity contribution is 5.95. The van der Waals surface area contributed by atoms with E-state index in [4.69, 9.17) is 4.52 Å². The van der Waals surface area contributed by atoms with Crippen molar-refractivity contribution >= 4 is 11.5 Å². The number of aryl methyl sites for hydroxylation is 1. The summed E-state index contributed by atoms with van der Waals surface area (Å²) in [6.45, 7) is 7.38. The van der Waals surface area contributed by atoms with Gasteiger partial charge in [-0.1, -0.05) is 5.16 Å². The zero-order valence-electron chi connectivity index (χ0n) is 14.5. The molecule has 130 valence electrons. The highest BCUT2D eigenvalue weighted by atomic mass is 16.5. The van der Waals surface area contributed by atoms with E-state index in [0.717, 1.165) is 38.3 Å². The second-order valence-electron chi connectivity index (χ2n) is 6.25. The molecule has 7 nitrogen and oxygen atoms in total. The number of Topliss-reactive ketones (excluding diaryl/α,β-unsaturated/α-hetero) is 1. The molecule has 2 heterocycles. The van der Waals surface area contributed by atoms with Gasteiger partial charge in [0.25, 0.3) is 0 Å². The lowest BCUT2D eigenvalue weighted by molar-refractivity contribution is 0.101. The van der Waals surface area contributed by atoms with Crippen molar-refractivity contribution in [3.8, 4) is 6.07 Å². The summed E-state index contributed by atoms with van der Waals surface area (Å²) >= 11 is 0. The Morgan fingerprint density at radius 3 is 2.84 bits per heavy atom. The number of hydrogen-bond donors (Lipinski definition) is 0. The second kappa shape index (κ2) is 7.45. The monoisotopic (exact) mass is 339 g/mol. The maximum Gasteiger partial charge on any atom is 0.223 e. The van der Waals surface area contributed by atoms with Crippen LogP contribution in [-0.4, -0.2) is 47.0 Å². The van der Waals surface area contributed by atoms with Crippen molar-refractivity contribution in [2.24, 2.45) is 0 Å². The van der Waals surface area contributed by atoms with Crippen molar-refractivity contribution < 1.29 is 9.32 Å². The van der Waals surface area contributed by atoms with Crippen LogP contribution in [0.1, 0.15) is 41.0 Å². The van der Waals surface area contributed by atoms with E-state index in [-0.39, 0.29) is 5.78 Å². The first kappa shape index (κ1) is 17.1. The van der Waals surface area contributed by atoms with Crippen LogP contribution >= 0.6 is 0 Å². The molecule has 1 fully saturated rings. The Kier molecular flexibility index (Phi) is 5.10. The molecule has 0 bridgehead atoms. The van der Waals surface area contributed by atoms with Gasteiger partial charge in [-0.3, -0.25) is 9.69 Å². The summed E-state index contributed by atoms with van der Waals surface area (Å²) in [5, 5.41) is 13.4. The van der Waals surface area contributed by atoms with Crippen LogP contribution < -0.4 is 4.90 Å². The molecular weight excluding hydrogens is 318 g/mol. The molecule has 1 aromatic heterocycles. The Bertz CT molecular complexity index is 808. The molecular formula is C18H21N5O2. The van der Waals surface area contributed by atoms with E-state index in [1.165, 1.54) is 0 Å². The van der Waals surface area contributed by atoms with Crippen molar-refractivity contribution in [2.75, 3.05) is 31.1 Å². The van der Waals surface area contributed by atoms with Crippen molar-refractivity contribution in [3.05, 3.63) is 41.0 Å². The number of nitriles is 1. The number of carbonyl (C=O) groups excluding carboxylic acids is 1. The quantitative estimate of drug-likeness (QED) is 0.789. The van der Waals surface area contributed by atoms with E-state index in [1.54, 1.807) is 26.0 Å². The van der Waals surface area contributed by atoms with Gasteiger partial charge in [-0.15, -0.1) is 0 Å². The molecule has 1 aliphatic rings. The van der Waals surface area contributed by atoms with Crippen molar-refractivity contribution in [1.29, 1.82) is 5.26 Å². The zero-order valence-corrected chi connectivity index (χ0v) is 14.5. The number of hydrogen-bond acceptors (Lipinski definition) is 7. The predicted molar refractivity (Wildman–Crippen MR) is 92.3 cm³/mol. The Morgan fingerprint density at radius 1 is 1.32 bits per heavy atom. The number of benzene rings is 1. The lowest BCUT2D eigenvalue weighted by Gasteiger charge is -2.24. The average molecular weight is 339 g/mol. The summed E-state index contributed by atoms with van der Waals surface area (Å²) in [5.74, 6) is 1.28. The Morgan fingerprint density at radius 2 is 2.16 bits per heavy atom. The highest BCUT2D eigenvalue weighted by Crippen LogP contribution is 2.24. The van der Waals surface area contributed by atoms with Crippen LogP contribution in [-0.2, 0) is 6.54 Å². The minimum Gasteiger partial charge on any atom is -0.369 e. The van der Waals surface area contributed by atoms with E-state index < -0.39 is 0 Å². The van der Waals surface area contributed by atoms with E-state index in [0.29, 0.717) is 29.4 Å². The predicted octanol–water partition coefficient (Wildman–Crippen LogP) is 2.16. The SMILES string of the molecule is CC(=O)c1ccc(C#N)c(N2CCCN(Cc3noc(C)n3)CC2)c1. The van der Waals surface area contributed by atoms with E-state index >= 15 is 0 Å². The second-order valence-corrected chi connectivity index (χ2v) is 6.25. The van der Waals surface area contributed by atoms with E-state index in [2.05, 4.69) is 26.0 Å². The lowest BCUT2D eigenvalue weighted by atomic mass is 10.1. The van der Waals surface area contributed by atoms with Crippen molar-refractivity contribution in [1.82, 2.24) is 15.0 Å². The smallest absolute Gasteiger partial charge is 0.223 e. The number of carbonyl (C=O) groups is 1. The van der Waals surface area contributed by atoms with Crippen LogP contribution in [0.3, 0.4) is 0 Å². The summed E-state index contributed by atoms with van der Waals surface area (Å²) in [6, 6.07) is 7.52. The minimum absolute atomic E-state index is 0.00895. The average Bonchev–Trinajstić information content (AvgIpc) is 2.87. The number of rotatable bonds is 4. The minimum atomic E-state index is 0.00895. The largest absolute Gasteiger partial charge is 0.369 e. The number of anilines is 1. The first-order chi connectivity index (χ1) is 12.1. The molecule has 1 saturated heterocycles. The van der Waals surface area contributed by atoms with Gasteiger partial charge in [-0.05, 0) is 31.5 Å². The summed E-state index contributed by atoms with van der Waals surface area (Å²) in [5.41, 5.74) is 2.08. The fourth-order valence-electron chi connectivity index (χ4n) is 3.08. The maximum atomic E-state index is 11.7. The summed E-state index contributed by atoms with van der Waals surface area (Å²) < 4.78 is 5.03. The number of aromatic nitrogens is 2. The van der Waals surface area contributed by atoms with Gasteiger partial charge in [0.15, 0.2) is 11.6 Å². The maximum absolute atomic E-state index is 11.7. The first-order valence-electron chi connectivity index (χ1n) is 8.38. The Balaban J connectivity index is 1.73. The zero-order chi connectivity index (χ0) is 17.8. The molecule has 0 saturated carbocycles. The highest BCUT2D eigenvalue weighted by Gasteiger charge is 2.19. The van der Waals surface area contributed by atoms with Crippen LogP contribution in [0.5, 0.6) is 0 Å². The lowest BCUT2D eigenvalue weighted by Crippen LogP contribution is -2.31. The van der Waals surface area contributed by atoms with Crippen LogP contribution in [0.15, 0.2) is 22.7 Å². The Labute approximate surface area is 146 Å². The van der Waals surface area contributed by atoms with Gasteiger partial charge in [-0.2, -0.15) is 10.2 Å². The fourth-order valence-corrected chi connectivity index (χ4v) is 3.08. The van der Waals surface area contributed by atoms with Gasteiger partial charge in [0.2, 0.25) is 5.89 Å². The van der Waals surface area contributed by atoms with Crippen LogP contribution in [0.4, 0.5) is 5.69 Å². The molecule has 0 atom stereocenters. The van der Waals surface area contributed by atoms with Gasteiger partial charge >= 0.3 is 0 Å². The summed E-state index contributed by atoms with van der Waals surface area (Å²) in [6.07, 6.45) is 0.964. The Hall–Kier alpha value is -2.72. The molecule has 0 amide bonds. The van der Waals surface area contributed by atoms with Gasteiger partial charge < -0.3 is 9.42 Å². The van der Waals surface area contributed by atoms with Crippen LogP contribution in [0.25, 0.3) is 0 Å². The molecule has 0 unspecified atom stereocenters. The molecule has 0 aliphatic carbocycles. The molecule has 7 heteroatoms. The van der Waals surface area contributed by atoms with E-state index in [1.807, 2.05) is 6.07 Å². The third kappa shape index (κ3) is 4.03. The molecule has 1 aliphatic heterocycles. The standard InChI is InChI=1S/C18H21N5O2/c1-13(24)15-4-5-16(11-19)17(10-15)23-7-3-6-22(8-9-23)12-18-20-14(2)25-21-18/h4-5,10H,3,6-9,12H2,1-2H3. The fraction of sp³-hybridized carbons (Fsp3) is 0.444. The van der Waals surface area contributed by atoms with Crippen LogP contribution in [0, 0.1) is 18.3 Å². The summed E-state index contributed by atoms with van der Waals surface area (Å²) in [4.78, 5) is 20.4. The van der Waals surface area contributed by atoms with Gasteiger partial charge in [-0.25, -0.2) is 0 Å². The van der Waals surface area contributed by atoms with E-state index in [9.17, 15) is 10.1 Å². The molecule has 1 aromatic carbocycles. The number of ketones is 1. The molecule has 0 N–H and O–H groups in total. The normalized spacial score (nSPS) is 15.6. The third-order valence-corrected chi connectivity index (χ3v) is 4.39. The molecule has 25 heavy (non-hydrogen) atoms. The van der Waals surface area contributed by atoms with Crippen molar-refractivity contribution in [2.45, 2.75) is 26.8 Å². The third-order valence-electron chi connectivity index (χ3n) is 4.39.